The van der Waals surface area contributed by atoms with E-state index in [1.54, 1.807) is 23.1 Å². The van der Waals surface area contributed by atoms with Gasteiger partial charge in [0, 0.05) is 37.1 Å². The summed E-state index contributed by atoms with van der Waals surface area (Å²) < 4.78 is 5.53. The van der Waals surface area contributed by atoms with E-state index in [0.29, 0.717) is 41.8 Å². The Labute approximate surface area is 169 Å². The average molecular weight is 425 g/mol. The molecule has 1 unspecified atom stereocenters. The summed E-state index contributed by atoms with van der Waals surface area (Å²) in [5.74, 6) is 0.206. The number of rotatable bonds is 7. The summed E-state index contributed by atoms with van der Waals surface area (Å²) in [6.45, 7) is 1.31. The maximum atomic E-state index is 12.5. The van der Waals surface area contributed by atoms with Gasteiger partial charge >= 0.3 is 0 Å². The van der Waals surface area contributed by atoms with Crippen LogP contribution in [0.4, 0.5) is 0 Å². The molecule has 1 aliphatic heterocycles. The Bertz CT molecular complexity index is 616. The number of nitrogens with one attached hydrogen (secondary N) is 1. The first-order valence-electron chi connectivity index (χ1n) is 8.35. The third-order valence-corrected chi connectivity index (χ3v) is 4.63. The lowest BCUT2D eigenvalue weighted by Gasteiger charge is -2.35. The fourth-order valence-corrected chi connectivity index (χ4v) is 3.27. The Hall–Kier alpha value is -1.21. The van der Waals surface area contributed by atoms with E-state index in [-0.39, 0.29) is 36.9 Å². The Morgan fingerprint density at radius 1 is 1.31 bits per heavy atom. The first-order chi connectivity index (χ1) is 12.0. The number of carbonyl (C=O) groups is 2. The largest absolute Gasteiger partial charge is 0.482 e. The molecular weight excluding hydrogens is 401 g/mol. The minimum atomic E-state index is -0.121. The third kappa shape index (κ3) is 6.83. The van der Waals surface area contributed by atoms with Crippen molar-refractivity contribution >= 4 is 47.4 Å². The van der Waals surface area contributed by atoms with E-state index in [2.05, 4.69) is 5.32 Å². The van der Waals surface area contributed by atoms with Crippen molar-refractivity contribution in [1.29, 1.82) is 0 Å². The second-order valence-corrected chi connectivity index (χ2v) is 6.79. The van der Waals surface area contributed by atoms with Gasteiger partial charge in [0.2, 0.25) is 5.91 Å². The number of likely N-dealkylation sites (tertiary alicyclic amines) is 1. The number of piperidine rings is 1. The van der Waals surface area contributed by atoms with Gasteiger partial charge in [0.25, 0.3) is 5.91 Å². The topological polar surface area (TPSA) is 84.7 Å². The molecule has 1 fully saturated rings. The van der Waals surface area contributed by atoms with Crippen molar-refractivity contribution < 1.29 is 14.3 Å². The standard InChI is InChI=1S/C17H23Cl2N3O3.ClH/c18-12-4-5-15(14(19)9-12)25-11-17(24)22-8-2-1-3-13(22)10-21-16(23)6-7-20;/h4-5,9,13H,1-3,6-8,10-11,20H2,(H,21,23);1H. The summed E-state index contributed by atoms with van der Waals surface area (Å²) in [6, 6.07) is 4.84. The van der Waals surface area contributed by atoms with Crippen molar-refractivity contribution in [3.8, 4) is 5.75 Å². The lowest BCUT2D eigenvalue weighted by molar-refractivity contribution is -0.137. The number of hydrogen-bond donors (Lipinski definition) is 2. The number of ether oxygens (including phenoxy) is 1. The second-order valence-electron chi connectivity index (χ2n) is 5.94. The SMILES string of the molecule is Cl.NCCC(=O)NCC1CCCCN1C(=O)COc1ccc(Cl)cc1Cl. The number of nitrogens with two attached hydrogens (primary N) is 1. The summed E-state index contributed by atoms with van der Waals surface area (Å²) in [4.78, 5) is 25.9. The van der Waals surface area contributed by atoms with Gasteiger partial charge in [-0.3, -0.25) is 9.59 Å². The minimum Gasteiger partial charge on any atom is -0.482 e. The molecule has 0 bridgehead atoms. The molecule has 0 saturated carbocycles. The molecule has 1 aliphatic rings. The first-order valence-corrected chi connectivity index (χ1v) is 9.11. The van der Waals surface area contributed by atoms with Crippen molar-refractivity contribution in [1.82, 2.24) is 10.2 Å². The first kappa shape index (κ1) is 22.8. The Morgan fingerprint density at radius 3 is 2.77 bits per heavy atom. The van der Waals surface area contributed by atoms with E-state index in [1.165, 1.54) is 0 Å². The molecule has 0 radical (unpaired) electrons. The van der Waals surface area contributed by atoms with Gasteiger partial charge in [-0.05, 0) is 37.5 Å². The molecule has 1 heterocycles. The number of hydrogen-bond acceptors (Lipinski definition) is 4. The predicted molar refractivity (Wildman–Crippen MR) is 105 cm³/mol. The van der Waals surface area contributed by atoms with Gasteiger partial charge in [-0.1, -0.05) is 23.2 Å². The number of amides is 2. The molecular formula is C17H24Cl3N3O3. The van der Waals surface area contributed by atoms with Crippen LogP contribution >= 0.6 is 35.6 Å². The van der Waals surface area contributed by atoms with E-state index in [4.69, 9.17) is 33.7 Å². The molecule has 1 saturated heterocycles. The number of benzene rings is 1. The van der Waals surface area contributed by atoms with E-state index in [1.807, 2.05) is 0 Å². The fraction of sp³-hybridized carbons (Fsp3) is 0.529. The van der Waals surface area contributed by atoms with Gasteiger partial charge in [0.1, 0.15) is 5.75 Å². The van der Waals surface area contributed by atoms with Gasteiger partial charge < -0.3 is 20.7 Å². The summed E-state index contributed by atoms with van der Waals surface area (Å²) in [7, 11) is 0. The van der Waals surface area contributed by atoms with E-state index >= 15 is 0 Å². The quantitative estimate of drug-likeness (QED) is 0.705. The van der Waals surface area contributed by atoms with Crippen LogP contribution < -0.4 is 15.8 Å². The van der Waals surface area contributed by atoms with Crippen molar-refractivity contribution in [2.75, 3.05) is 26.2 Å². The molecule has 6 nitrogen and oxygen atoms in total. The molecule has 0 aliphatic carbocycles. The van der Waals surface area contributed by atoms with Crippen molar-refractivity contribution in [2.24, 2.45) is 5.73 Å². The lowest BCUT2D eigenvalue weighted by atomic mass is 10.0. The zero-order valence-corrected chi connectivity index (χ0v) is 16.7. The molecule has 3 N–H and O–H groups in total. The normalized spacial score (nSPS) is 16.6. The molecule has 2 rings (SSSR count). The highest BCUT2D eigenvalue weighted by Gasteiger charge is 2.27. The highest BCUT2D eigenvalue weighted by atomic mass is 35.5. The van der Waals surface area contributed by atoms with E-state index < -0.39 is 0 Å². The molecule has 0 spiro atoms. The Kier molecular flexibility index (Phi) is 10.1. The predicted octanol–water partition coefficient (Wildman–Crippen LogP) is 2.64. The van der Waals surface area contributed by atoms with Gasteiger partial charge in [0.15, 0.2) is 6.61 Å². The molecule has 2 amide bonds. The van der Waals surface area contributed by atoms with Gasteiger partial charge in [0.05, 0.1) is 5.02 Å². The van der Waals surface area contributed by atoms with Crippen LogP contribution in [-0.2, 0) is 9.59 Å². The third-order valence-electron chi connectivity index (χ3n) is 4.10. The summed E-state index contributed by atoms with van der Waals surface area (Å²) in [6.07, 6.45) is 3.13. The Morgan fingerprint density at radius 2 is 2.08 bits per heavy atom. The number of carbonyl (C=O) groups excluding carboxylic acids is 2. The number of nitrogens with zero attached hydrogens (tertiary/aromatic N) is 1. The van der Waals surface area contributed by atoms with Crippen LogP contribution in [0.5, 0.6) is 5.75 Å². The van der Waals surface area contributed by atoms with E-state index in [0.717, 1.165) is 19.3 Å². The molecule has 26 heavy (non-hydrogen) atoms. The van der Waals surface area contributed by atoms with Gasteiger partial charge in [-0.25, -0.2) is 0 Å². The smallest absolute Gasteiger partial charge is 0.260 e. The molecule has 146 valence electrons. The summed E-state index contributed by atoms with van der Waals surface area (Å²) in [5, 5.41) is 3.71. The van der Waals surface area contributed by atoms with Crippen molar-refractivity contribution in [3.63, 3.8) is 0 Å². The average Bonchev–Trinajstić information content (AvgIpc) is 2.59. The molecule has 0 aromatic heterocycles. The second kappa shape index (κ2) is 11.5. The molecule has 1 atom stereocenters. The highest BCUT2D eigenvalue weighted by Crippen LogP contribution is 2.27. The summed E-state index contributed by atoms with van der Waals surface area (Å²) in [5.41, 5.74) is 5.37. The summed E-state index contributed by atoms with van der Waals surface area (Å²) >= 11 is 11.9. The van der Waals surface area contributed by atoms with Crippen LogP contribution in [-0.4, -0.2) is 49.0 Å². The minimum absolute atomic E-state index is 0. The van der Waals surface area contributed by atoms with Crippen LogP contribution in [0, 0.1) is 0 Å². The van der Waals surface area contributed by atoms with Crippen LogP contribution in [0.1, 0.15) is 25.7 Å². The Balaban J connectivity index is 0.00000338. The van der Waals surface area contributed by atoms with E-state index in [9.17, 15) is 9.59 Å². The maximum absolute atomic E-state index is 12.5. The van der Waals surface area contributed by atoms with Gasteiger partial charge in [-0.15, -0.1) is 12.4 Å². The fourth-order valence-electron chi connectivity index (χ4n) is 2.81. The number of halogens is 3. The van der Waals surface area contributed by atoms with Crippen LogP contribution in [0.25, 0.3) is 0 Å². The van der Waals surface area contributed by atoms with Gasteiger partial charge in [-0.2, -0.15) is 0 Å². The zero-order valence-electron chi connectivity index (χ0n) is 14.4. The monoisotopic (exact) mass is 423 g/mol. The van der Waals surface area contributed by atoms with Crippen LogP contribution in [0.2, 0.25) is 10.0 Å². The van der Waals surface area contributed by atoms with Crippen LogP contribution in [0.3, 0.4) is 0 Å². The highest BCUT2D eigenvalue weighted by molar-refractivity contribution is 6.35. The lowest BCUT2D eigenvalue weighted by Crippen LogP contribution is -2.50. The van der Waals surface area contributed by atoms with Crippen molar-refractivity contribution in [3.05, 3.63) is 28.2 Å². The maximum Gasteiger partial charge on any atom is 0.260 e. The molecule has 9 heteroatoms. The van der Waals surface area contributed by atoms with Crippen molar-refractivity contribution in [2.45, 2.75) is 31.7 Å². The zero-order chi connectivity index (χ0) is 18.2. The van der Waals surface area contributed by atoms with Crippen LogP contribution in [0.15, 0.2) is 18.2 Å². The molecule has 1 aromatic rings. The molecule has 1 aromatic carbocycles.